The number of nitrogens with zero attached hydrogens (tertiary/aromatic N) is 1. The minimum atomic E-state index is -1.22. The van der Waals surface area contributed by atoms with Crippen molar-refractivity contribution in [1.29, 1.82) is 0 Å². The lowest BCUT2D eigenvalue weighted by Crippen LogP contribution is -2.78. The molecule has 1 aromatic rings. The van der Waals surface area contributed by atoms with Crippen LogP contribution in [0.4, 0.5) is 4.79 Å². The number of ether oxygens (including phenoxy) is 1. The van der Waals surface area contributed by atoms with Gasteiger partial charge in [-0.3, -0.25) is 4.79 Å². The van der Waals surface area contributed by atoms with Gasteiger partial charge in [-0.2, -0.15) is 4.79 Å². The number of carbonyl (C=O) groups excluding carboxylic acids is 2. The van der Waals surface area contributed by atoms with Crippen LogP contribution in [0.5, 0.6) is 5.75 Å². The zero-order valence-electron chi connectivity index (χ0n) is 13.0. The van der Waals surface area contributed by atoms with Crippen LogP contribution >= 0.6 is 11.8 Å². The fraction of sp³-hybridized carbons (Fsp3) is 0.312. The van der Waals surface area contributed by atoms with Gasteiger partial charge in [-0.25, -0.2) is 4.79 Å². The molecule has 2 N–H and O–H groups in total. The van der Waals surface area contributed by atoms with Crippen LogP contribution in [0.3, 0.4) is 0 Å². The Labute approximate surface area is 142 Å². The molecule has 1 aromatic carbocycles. The molecule has 0 spiro atoms. The second-order valence-electron chi connectivity index (χ2n) is 5.50. The lowest BCUT2D eigenvalue weighted by Gasteiger charge is -2.42. The summed E-state index contributed by atoms with van der Waals surface area (Å²) in [6.45, 7) is 1.67. The van der Waals surface area contributed by atoms with Crippen LogP contribution in [0.25, 0.3) is 0 Å². The Morgan fingerprint density at radius 1 is 1.33 bits per heavy atom. The normalized spacial score (nSPS) is 27.7. The lowest BCUT2D eigenvalue weighted by atomic mass is 10.0. The fourth-order valence-electron chi connectivity index (χ4n) is 2.78. The summed E-state index contributed by atoms with van der Waals surface area (Å²) in [5.74, 6) is -0.434. The summed E-state index contributed by atoms with van der Waals surface area (Å²) in [4.78, 5) is 36.8. The maximum atomic E-state index is 12.4. The van der Waals surface area contributed by atoms with E-state index in [1.54, 1.807) is 24.3 Å². The molecule has 0 aliphatic carbocycles. The van der Waals surface area contributed by atoms with Crippen LogP contribution in [0.1, 0.15) is 13.3 Å². The number of allylic oxidation sites excluding steroid dienone is 1. The molecule has 2 unspecified atom stereocenters. The molecule has 126 valence electrons. The highest BCUT2D eigenvalue weighted by Gasteiger charge is 2.72. The van der Waals surface area contributed by atoms with Crippen LogP contribution in [-0.4, -0.2) is 45.5 Å². The van der Waals surface area contributed by atoms with E-state index >= 15 is 0 Å². The third-order valence-corrected chi connectivity index (χ3v) is 5.57. The molecule has 3 atom stereocenters. The van der Waals surface area contributed by atoms with E-state index in [0.29, 0.717) is 12.2 Å². The Morgan fingerprint density at radius 3 is 2.67 bits per heavy atom. The van der Waals surface area contributed by atoms with Crippen LogP contribution in [-0.2, 0) is 9.59 Å². The van der Waals surface area contributed by atoms with Crippen LogP contribution in [0.2, 0.25) is 0 Å². The second-order valence-corrected chi connectivity index (χ2v) is 6.75. The first-order chi connectivity index (χ1) is 11.5. The number of hydrogen-bond acceptors (Lipinski definition) is 5. The van der Waals surface area contributed by atoms with Gasteiger partial charge in [0.1, 0.15) is 11.9 Å². The van der Waals surface area contributed by atoms with Gasteiger partial charge >= 0.3 is 12.0 Å². The van der Waals surface area contributed by atoms with Crippen molar-refractivity contribution >= 4 is 29.7 Å². The number of rotatable bonds is 5. The molecule has 2 aliphatic heterocycles. The van der Waals surface area contributed by atoms with E-state index in [1.165, 1.54) is 18.0 Å². The zero-order valence-corrected chi connectivity index (χ0v) is 13.8. The lowest BCUT2D eigenvalue weighted by molar-refractivity contribution is -0.770. The molecule has 24 heavy (non-hydrogen) atoms. The van der Waals surface area contributed by atoms with Crippen molar-refractivity contribution in [2.24, 2.45) is 0 Å². The minimum absolute atomic E-state index is 0.230. The van der Waals surface area contributed by atoms with Gasteiger partial charge in [-0.15, -0.1) is 4.48 Å². The van der Waals surface area contributed by atoms with Gasteiger partial charge in [0.2, 0.25) is 6.04 Å². The summed E-state index contributed by atoms with van der Waals surface area (Å²) in [6.07, 6.45) is 0.912. The van der Waals surface area contributed by atoms with E-state index in [0.717, 1.165) is 4.91 Å². The van der Waals surface area contributed by atoms with Crippen molar-refractivity contribution in [2.45, 2.75) is 24.8 Å². The van der Waals surface area contributed by atoms with Crippen molar-refractivity contribution in [3.8, 4) is 5.75 Å². The van der Waals surface area contributed by atoms with Crippen LogP contribution in [0.15, 0.2) is 41.4 Å². The Morgan fingerprint density at radius 2 is 2.04 bits per heavy atom. The summed E-state index contributed by atoms with van der Waals surface area (Å²) < 4.78 is 4.60. The molecule has 0 radical (unpaired) electrons. The van der Waals surface area contributed by atoms with Crippen LogP contribution < -0.4 is 10.1 Å². The number of benzene rings is 1. The Balaban J connectivity index is 1.62. The van der Waals surface area contributed by atoms with Gasteiger partial charge in [0.15, 0.2) is 12.0 Å². The number of amides is 3. The average Bonchev–Trinajstić information content (AvgIpc) is 2.95. The average molecular weight is 349 g/mol. The minimum Gasteiger partial charge on any atom is -0.484 e. The number of carboxylic acid groups (broad SMARTS) is 1. The van der Waals surface area contributed by atoms with Gasteiger partial charge in [0.25, 0.3) is 5.91 Å². The number of nitrogens with one attached hydrogen (secondary N) is 1. The third kappa shape index (κ3) is 2.57. The molecule has 3 amide bonds. The standard InChI is InChI=1S/C16H16N2O5S/c1-2-11-8-18(16(21)22)14(20)13(15(18)24-11)17-12(19)9-23-10-6-4-3-5-7-10/h3-8,13,15H,2,9H2,1H3,(H-,17,19,21,22)/p+1/t13?,15-,18?/m0/s1. The van der Waals surface area contributed by atoms with Gasteiger partial charge < -0.3 is 15.2 Å². The number of para-hydroxylation sites is 1. The highest BCUT2D eigenvalue weighted by Crippen LogP contribution is 2.49. The molecular weight excluding hydrogens is 332 g/mol. The summed E-state index contributed by atoms with van der Waals surface area (Å²) in [5.41, 5.74) is 0. The van der Waals surface area contributed by atoms with Gasteiger partial charge in [0, 0.05) is 4.91 Å². The summed E-state index contributed by atoms with van der Waals surface area (Å²) in [7, 11) is 0. The topological polar surface area (TPSA) is 92.7 Å². The molecule has 7 nitrogen and oxygen atoms in total. The number of hydrogen-bond donors (Lipinski definition) is 2. The number of fused-ring (bicyclic) bond motifs is 1. The van der Waals surface area contributed by atoms with Crippen molar-refractivity contribution in [3.63, 3.8) is 0 Å². The zero-order chi connectivity index (χ0) is 17.3. The predicted octanol–water partition coefficient (Wildman–Crippen LogP) is 1.91. The Kier molecular flexibility index (Phi) is 4.33. The molecular formula is C16H17N2O5S+. The first kappa shape index (κ1) is 16.5. The Bertz CT molecular complexity index is 720. The maximum absolute atomic E-state index is 12.4. The SMILES string of the molecule is CCC1=C[N+]2(C(=O)O)C(=O)C(NC(=O)COc3ccccc3)[C@@H]2S1. The predicted molar refractivity (Wildman–Crippen MR) is 86.9 cm³/mol. The summed E-state index contributed by atoms with van der Waals surface area (Å²) >= 11 is 1.33. The van der Waals surface area contributed by atoms with E-state index < -0.39 is 33.8 Å². The smallest absolute Gasteiger partial charge is 0.484 e. The highest BCUT2D eigenvalue weighted by molar-refractivity contribution is 8.03. The number of thioether (sulfide) groups is 1. The molecule has 2 aliphatic rings. The molecule has 1 fully saturated rings. The largest absolute Gasteiger partial charge is 0.527 e. The molecule has 0 bridgehead atoms. The monoisotopic (exact) mass is 349 g/mol. The quantitative estimate of drug-likeness (QED) is 0.623. The van der Waals surface area contributed by atoms with E-state index in [2.05, 4.69) is 5.32 Å². The Hall–Kier alpha value is -2.32. The number of carbonyl (C=O) groups is 3. The molecule has 0 aromatic heterocycles. The summed E-state index contributed by atoms with van der Waals surface area (Å²) in [5, 5.41) is 11.5. The number of quaternary nitrogens is 1. The molecule has 2 heterocycles. The van der Waals surface area contributed by atoms with E-state index in [-0.39, 0.29) is 6.61 Å². The number of imide groups is 1. The van der Waals surface area contributed by atoms with Gasteiger partial charge in [0.05, 0.1) is 0 Å². The molecule has 1 saturated heterocycles. The maximum Gasteiger partial charge on any atom is 0.527 e. The molecule has 0 saturated carbocycles. The summed E-state index contributed by atoms with van der Waals surface area (Å²) in [6, 6.07) is 8.02. The van der Waals surface area contributed by atoms with Crippen molar-refractivity contribution < 1.29 is 28.7 Å². The highest BCUT2D eigenvalue weighted by atomic mass is 32.2. The first-order valence-electron chi connectivity index (χ1n) is 7.51. The molecule has 3 rings (SSSR count). The van der Waals surface area contributed by atoms with E-state index in [1.807, 2.05) is 13.0 Å². The van der Waals surface area contributed by atoms with Gasteiger partial charge in [-0.1, -0.05) is 36.9 Å². The van der Waals surface area contributed by atoms with Gasteiger partial charge in [-0.05, 0) is 18.6 Å². The molecule has 8 heteroatoms. The fourth-order valence-corrected chi connectivity index (χ4v) is 4.22. The van der Waals surface area contributed by atoms with E-state index in [4.69, 9.17) is 4.74 Å². The number of β-lactam (4-membered cyclic amide) rings is 1. The second kappa shape index (κ2) is 6.29. The van der Waals surface area contributed by atoms with Crippen LogP contribution in [0, 0.1) is 0 Å². The third-order valence-electron chi connectivity index (χ3n) is 4.03. The van der Waals surface area contributed by atoms with Crippen molar-refractivity contribution in [3.05, 3.63) is 41.4 Å². The van der Waals surface area contributed by atoms with E-state index in [9.17, 15) is 19.5 Å². The van der Waals surface area contributed by atoms with Crippen molar-refractivity contribution in [1.82, 2.24) is 5.32 Å². The van der Waals surface area contributed by atoms with Crippen molar-refractivity contribution in [2.75, 3.05) is 6.61 Å². The first-order valence-corrected chi connectivity index (χ1v) is 8.39.